The van der Waals surface area contributed by atoms with E-state index < -0.39 is 91.5 Å². The van der Waals surface area contributed by atoms with Crippen molar-refractivity contribution < 1.29 is 54.4 Å². The van der Waals surface area contributed by atoms with Crippen LogP contribution >= 0.6 is 0 Å². The predicted molar refractivity (Wildman–Crippen MR) is 149 cm³/mol. The van der Waals surface area contributed by atoms with Gasteiger partial charge in [0.15, 0.2) is 12.6 Å². The zero-order chi connectivity index (χ0) is 31.5. The maximum Gasteiger partial charge on any atom is 0.252 e. The molecule has 250 valence electrons. The van der Waals surface area contributed by atoms with Crippen molar-refractivity contribution in [1.29, 1.82) is 0 Å². The molecule has 4 rings (SSSR count). The number of aliphatic hydroxyl groups excluding tert-OH is 5. The first-order valence-corrected chi connectivity index (χ1v) is 15.0. The van der Waals surface area contributed by atoms with Crippen molar-refractivity contribution in [2.24, 2.45) is 22.9 Å². The number of carbonyl (C=O) groups excluding carboxylic acids is 1. The van der Waals surface area contributed by atoms with Gasteiger partial charge in [0.05, 0.1) is 30.8 Å². The van der Waals surface area contributed by atoms with Crippen LogP contribution in [0.3, 0.4) is 0 Å². The van der Waals surface area contributed by atoms with Crippen molar-refractivity contribution >= 4 is 5.91 Å². The van der Waals surface area contributed by atoms with Crippen LogP contribution in [0.1, 0.15) is 38.5 Å². The zero-order valence-corrected chi connectivity index (χ0v) is 24.2. The molecule has 2 heterocycles. The molecule has 0 aromatic rings. The van der Waals surface area contributed by atoms with Crippen molar-refractivity contribution in [2.45, 2.75) is 130 Å². The molecule has 2 aliphatic heterocycles. The van der Waals surface area contributed by atoms with Gasteiger partial charge in [-0.1, -0.05) is 0 Å². The lowest BCUT2D eigenvalue weighted by atomic mass is 9.75. The Morgan fingerprint density at radius 1 is 0.907 bits per heavy atom. The highest BCUT2D eigenvalue weighted by Crippen LogP contribution is 2.34. The van der Waals surface area contributed by atoms with Crippen LogP contribution in [0.4, 0.5) is 0 Å². The summed E-state index contributed by atoms with van der Waals surface area (Å²) < 4.78 is 23.8. The summed E-state index contributed by atoms with van der Waals surface area (Å²) in [6.45, 7) is 0.569. The molecule has 1 amide bonds. The Hall–Kier alpha value is -1.13. The van der Waals surface area contributed by atoms with Crippen molar-refractivity contribution in [3.8, 4) is 0 Å². The lowest BCUT2D eigenvalue weighted by molar-refractivity contribution is -0.314. The lowest BCUT2D eigenvalue weighted by Gasteiger charge is -2.49. The molecule has 0 aromatic heterocycles. The first kappa shape index (κ1) is 34.7. The number of hydrogen-bond donors (Lipinski definition) is 12. The number of hydrogen-bond acceptors (Lipinski definition) is 16. The third-order valence-electron chi connectivity index (χ3n) is 8.86. The summed E-state index contributed by atoms with van der Waals surface area (Å²) in [4.78, 5) is 13.0. The fourth-order valence-corrected chi connectivity index (χ4v) is 6.19. The average molecular weight is 623 g/mol. The average Bonchev–Trinajstić information content (AvgIpc) is 2.95. The summed E-state index contributed by atoms with van der Waals surface area (Å²) in [6.07, 6.45) is -8.71. The molecule has 0 unspecified atom stereocenters. The predicted octanol–water partition coefficient (Wildman–Crippen LogP) is -6.24. The molecule has 2 saturated carbocycles. The van der Waals surface area contributed by atoms with Crippen molar-refractivity contribution in [3.63, 3.8) is 0 Å². The van der Waals surface area contributed by atoms with Crippen molar-refractivity contribution in [1.82, 2.24) is 10.6 Å². The third-order valence-corrected chi connectivity index (χ3v) is 8.86. The van der Waals surface area contributed by atoms with Gasteiger partial charge in [0.1, 0.15) is 42.2 Å². The largest absolute Gasteiger partial charge is 0.396 e. The molecule has 17 heteroatoms. The van der Waals surface area contributed by atoms with Gasteiger partial charge in [-0.25, -0.2) is 0 Å². The molecular formula is C26H50N6O11. The van der Waals surface area contributed by atoms with Gasteiger partial charge >= 0.3 is 0 Å². The van der Waals surface area contributed by atoms with Gasteiger partial charge in [-0.2, -0.15) is 0 Å². The molecule has 0 bridgehead atoms. The Kier molecular flexibility index (Phi) is 12.1. The molecule has 0 radical (unpaired) electrons. The number of nitrogens with two attached hydrogens (primary N) is 4. The molecule has 0 spiro atoms. The van der Waals surface area contributed by atoms with Gasteiger partial charge < -0.3 is 83.2 Å². The minimum Gasteiger partial charge on any atom is -0.396 e. The number of rotatable bonds is 12. The van der Waals surface area contributed by atoms with Crippen molar-refractivity contribution in [2.75, 3.05) is 26.3 Å². The Bertz CT molecular complexity index is 902. The van der Waals surface area contributed by atoms with Gasteiger partial charge in [0.2, 0.25) is 0 Å². The Balaban J connectivity index is 1.49. The molecular weight excluding hydrogens is 572 g/mol. The normalized spacial score (nSPS) is 47.1. The van der Waals surface area contributed by atoms with E-state index in [1.165, 1.54) is 0 Å². The van der Waals surface area contributed by atoms with Gasteiger partial charge in [-0.05, 0) is 32.2 Å². The number of amides is 1. The van der Waals surface area contributed by atoms with E-state index in [-0.39, 0.29) is 38.0 Å². The first-order valence-electron chi connectivity index (χ1n) is 15.0. The topological polar surface area (TPSA) is 304 Å². The quantitative estimate of drug-likeness (QED) is 0.0901. The zero-order valence-electron chi connectivity index (χ0n) is 24.2. The number of aliphatic hydroxyl groups is 6. The van der Waals surface area contributed by atoms with E-state index in [0.29, 0.717) is 32.4 Å². The molecule has 13 atom stereocenters. The molecule has 0 aromatic carbocycles. The highest BCUT2D eigenvalue weighted by atomic mass is 16.7. The van der Waals surface area contributed by atoms with Gasteiger partial charge in [0, 0.05) is 38.1 Å². The maximum absolute atomic E-state index is 13.0. The van der Waals surface area contributed by atoms with Crippen LogP contribution in [0.25, 0.3) is 0 Å². The van der Waals surface area contributed by atoms with E-state index in [4.69, 9.17) is 47.0 Å². The highest BCUT2D eigenvalue weighted by molar-refractivity contribution is 5.86. The molecule has 43 heavy (non-hydrogen) atoms. The van der Waals surface area contributed by atoms with Crippen LogP contribution < -0.4 is 33.6 Å². The first-order chi connectivity index (χ1) is 20.4. The Morgan fingerprint density at radius 3 is 2.26 bits per heavy atom. The van der Waals surface area contributed by atoms with Crippen LogP contribution in [0.15, 0.2) is 0 Å². The Labute approximate surface area is 250 Å². The summed E-state index contributed by atoms with van der Waals surface area (Å²) >= 11 is 0. The minimum atomic E-state index is -1.69. The molecule has 4 fully saturated rings. The van der Waals surface area contributed by atoms with Crippen molar-refractivity contribution in [3.05, 3.63) is 0 Å². The van der Waals surface area contributed by atoms with Crippen LogP contribution in [0.5, 0.6) is 0 Å². The third kappa shape index (κ3) is 8.00. The van der Waals surface area contributed by atoms with Gasteiger partial charge in [0.25, 0.3) is 5.91 Å². The maximum atomic E-state index is 13.0. The second-order valence-electron chi connectivity index (χ2n) is 12.3. The molecule has 17 nitrogen and oxygen atoms in total. The molecule has 2 aliphatic carbocycles. The standard InChI is InChI=1S/C26H50N6O11/c27-11-7-26(39,8-11)25(38)32-15-6-14(29)21(42-23-13(28)3-2-12(40-23)9-31-4-1-5-33)20(37)22(15)43-24-19(36)17(30)18(35)16(10-34)41-24/h11-24,31,33-37,39H,1-10,27-30H2,(H,32,38)/t11?,12-,13+,14-,15+,16+,17-,18+,19+,20-,21+,22-,23+,24+,26?/m0/s1. The van der Waals surface area contributed by atoms with Gasteiger partial charge in [-0.3, -0.25) is 4.79 Å². The van der Waals surface area contributed by atoms with E-state index in [9.17, 15) is 30.3 Å². The molecule has 4 aliphatic rings. The molecule has 16 N–H and O–H groups in total. The number of carbonyl (C=O) groups is 1. The SMILES string of the molecule is NC1CC(O)(C(=O)N[C@@H]2C[C@H](N)[C@@H](O[C@H]3O[C@H](CNCCCO)CC[C@H]3N)[C@H](O)[C@H]2O[C@H]2O[C@H](CO)[C@@H](O)[C@H](N)[C@H]2O)C1. The van der Waals surface area contributed by atoms with E-state index in [1.807, 2.05) is 0 Å². The van der Waals surface area contributed by atoms with E-state index >= 15 is 0 Å². The lowest BCUT2D eigenvalue weighted by Crippen LogP contribution is -2.70. The second-order valence-corrected chi connectivity index (χ2v) is 12.3. The van der Waals surface area contributed by atoms with Crippen LogP contribution in [0, 0.1) is 0 Å². The summed E-state index contributed by atoms with van der Waals surface area (Å²) in [6, 6.07) is -3.91. The van der Waals surface area contributed by atoms with Crippen LogP contribution in [0.2, 0.25) is 0 Å². The molecule has 2 saturated heterocycles. The summed E-state index contributed by atoms with van der Waals surface area (Å²) in [5.74, 6) is -0.716. The number of ether oxygens (including phenoxy) is 4. The summed E-state index contributed by atoms with van der Waals surface area (Å²) in [7, 11) is 0. The van der Waals surface area contributed by atoms with Crippen LogP contribution in [-0.2, 0) is 23.7 Å². The van der Waals surface area contributed by atoms with E-state index in [0.717, 1.165) is 0 Å². The smallest absolute Gasteiger partial charge is 0.252 e. The monoisotopic (exact) mass is 622 g/mol. The summed E-state index contributed by atoms with van der Waals surface area (Å²) in [5, 5.41) is 67.7. The Morgan fingerprint density at radius 2 is 1.60 bits per heavy atom. The summed E-state index contributed by atoms with van der Waals surface area (Å²) in [5.41, 5.74) is 22.8. The van der Waals surface area contributed by atoms with Crippen LogP contribution in [-0.4, -0.2) is 154 Å². The fourth-order valence-electron chi connectivity index (χ4n) is 6.19. The minimum absolute atomic E-state index is 0.0231. The van der Waals surface area contributed by atoms with E-state index in [1.54, 1.807) is 0 Å². The number of nitrogens with one attached hydrogen (secondary N) is 2. The highest BCUT2D eigenvalue weighted by Gasteiger charge is 2.53. The van der Waals surface area contributed by atoms with E-state index in [2.05, 4.69) is 10.6 Å². The van der Waals surface area contributed by atoms with Gasteiger partial charge in [-0.15, -0.1) is 0 Å². The fraction of sp³-hybridized carbons (Fsp3) is 0.962. The second kappa shape index (κ2) is 15.0.